The van der Waals surface area contributed by atoms with Crippen molar-refractivity contribution in [1.29, 1.82) is 0 Å². The van der Waals surface area contributed by atoms with Crippen LogP contribution in [0, 0.1) is 0 Å². The van der Waals surface area contributed by atoms with Crippen LogP contribution in [0.15, 0.2) is 0 Å². The molecule has 0 aliphatic rings. The Balaban J connectivity index is 4.18. The van der Waals surface area contributed by atoms with Crippen LogP contribution < -0.4 is 0 Å². The van der Waals surface area contributed by atoms with Crippen LogP contribution in [0.1, 0.15) is 0 Å². The van der Waals surface area contributed by atoms with E-state index in [1.165, 1.54) is 0 Å². The van der Waals surface area contributed by atoms with Gasteiger partial charge in [0.05, 0.1) is 7.11 Å². The lowest BCUT2D eigenvalue weighted by molar-refractivity contribution is 0.398. The summed E-state index contributed by atoms with van der Waals surface area (Å²) in [4.78, 5) is 0. The molecule has 0 N–H and O–H groups in total. The number of rotatable bonds is 2. The van der Waals surface area contributed by atoms with E-state index in [0.29, 0.717) is 0 Å². The van der Waals surface area contributed by atoms with Crippen molar-refractivity contribution < 1.29 is 12.6 Å². The van der Waals surface area contributed by atoms with Gasteiger partial charge in [0, 0.05) is 0 Å². The van der Waals surface area contributed by atoms with E-state index in [1.54, 1.807) is 0 Å². The second kappa shape index (κ2) is 3.45. The molecule has 7 heteroatoms. The maximum absolute atomic E-state index is 10.5. The molecule has 0 aliphatic carbocycles. The summed E-state index contributed by atoms with van der Waals surface area (Å²) in [6.45, 7) is 0. The zero-order valence-corrected chi connectivity index (χ0v) is 8.06. The molecule has 0 amide bonds. The van der Waals surface area contributed by atoms with Gasteiger partial charge >= 0.3 is 0 Å². The van der Waals surface area contributed by atoms with Crippen LogP contribution in [0.4, 0.5) is 0 Å². The molecule has 0 rings (SSSR count). The molecule has 0 bridgehead atoms. The zero-order valence-electron chi connectivity index (χ0n) is 4.97. The van der Waals surface area contributed by atoms with Crippen molar-refractivity contribution in [3.63, 3.8) is 0 Å². The molecule has 0 saturated heterocycles. The van der Waals surface area contributed by atoms with Crippen molar-refractivity contribution in [3.05, 3.63) is 0 Å². The summed E-state index contributed by atoms with van der Waals surface area (Å²) in [6, 6.07) is 0. The number of alkyl halides is 3. The fourth-order valence-corrected chi connectivity index (χ4v) is 1.98. The Morgan fingerprint density at radius 3 is 1.90 bits per heavy atom. The fraction of sp³-hybridized carbons (Fsp3) is 1.00. The summed E-state index contributed by atoms with van der Waals surface area (Å²) < 4.78 is 23.3. The van der Waals surface area contributed by atoms with Crippen LogP contribution in [0.2, 0.25) is 0 Å². The SMILES string of the molecule is COS(=O)(=O)CC(Cl)(Cl)Cl. The molecule has 0 aliphatic heterocycles. The predicted octanol–water partition coefficient (Wildman–Crippen LogP) is 1.33. The Bertz CT molecular complexity index is 192. The van der Waals surface area contributed by atoms with E-state index in [9.17, 15) is 8.42 Å². The minimum atomic E-state index is -3.67. The molecule has 3 nitrogen and oxygen atoms in total. The van der Waals surface area contributed by atoms with E-state index in [1.807, 2.05) is 0 Å². The largest absolute Gasteiger partial charge is 0.273 e. The molecular formula is C3H5Cl3O3S. The van der Waals surface area contributed by atoms with E-state index >= 15 is 0 Å². The van der Waals surface area contributed by atoms with Crippen molar-refractivity contribution in [2.45, 2.75) is 3.79 Å². The average Bonchev–Trinajstić information content (AvgIpc) is 1.60. The predicted molar refractivity (Wildman–Crippen MR) is 41.1 cm³/mol. The maximum atomic E-state index is 10.5. The minimum Gasteiger partial charge on any atom is -0.273 e. The quantitative estimate of drug-likeness (QED) is 0.528. The number of hydrogen-bond donors (Lipinski definition) is 0. The molecule has 0 radical (unpaired) electrons. The Morgan fingerprint density at radius 1 is 1.40 bits per heavy atom. The van der Waals surface area contributed by atoms with Crippen LogP contribution in [0.3, 0.4) is 0 Å². The van der Waals surface area contributed by atoms with E-state index < -0.39 is 19.7 Å². The van der Waals surface area contributed by atoms with Crippen LogP contribution in [0.25, 0.3) is 0 Å². The van der Waals surface area contributed by atoms with Gasteiger partial charge in [-0.25, -0.2) is 0 Å². The van der Waals surface area contributed by atoms with Gasteiger partial charge < -0.3 is 0 Å². The summed E-state index contributed by atoms with van der Waals surface area (Å²) in [5.74, 6) is -0.638. The molecule has 0 spiro atoms. The van der Waals surface area contributed by atoms with Crippen molar-refractivity contribution in [2.75, 3.05) is 12.9 Å². The molecular weight excluding hydrogens is 222 g/mol. The van der Waals surface area contributed by atoms with Crippen LogP contribution in [-0.2, 0) is 14.3 Å². The summed E-state index contributed by atoms with van der Waals surface area (Å²) in [7, 11) is -2.67. The van der Waals surface area contributed by atoms with Gasteiger partial charge in [0.15, 0.2) is 0 Å². The van der Waals surface area contributed by atoms with Crippen molar-refractivity contribution in [2.24, 2.45) is 0 Å². The Hall–Kier alpha value is 0.780. The minimum absolute atomic E-state index is 0.638. The first-order valence-corrected chi connectivity index (χ1v) is 4.83. The molecule has 0 unspecified atom stereocenters. The Morgan fingerprint density at radius 2 is 1.80 bits per heavy atom. The lowest BCUT2D eigenvalue weighted by Gasteiger charge is -2.08. The summed E-state index contributed by atoms with van der Waals surface area (Å²) >= 11 is 15.5. The van der Waals surface area contributed by atoms with Crippen molar-refractivity contribution in [3.8, 4) is 0 Å². The summed E-state index contributed by atoms with van der Waals surface area (Å²) in [5, 5.41) is 0. The van der Waals surface area contributed by atoms with Crippen LogP contribution >= 0.6 is 34.8 Å². The van der Waals surface area contributed by atoms with Gasteiger partial charge in [0.2, 0.25) is 3.79 Å². The Labute approximate surface area is 74.3 Å². The molecule has 0 aromatic rings. The summed E-state index contributed by atoms with van der Waals surface area (Å²) in [5.41, 5.74) is 0. The second-order valence-electron chi connectivity index (χ2n) is 1.48. The fourth-order valence-electron chi connectivity index (χ4n) is 0.259. The molecule has 62 valence electrons. The van der Waals surface area contributed by atoms with Gasteiger partial charge in [0.1, 0.15) is 5.75 Å². The van der Waals surface area contributed by atoms with Gasteiger partial charge in [-0.1, -0.05) is 34.8 Å². The second-order valence-corrected chi connectivity index (χ2v) is 5.74. The number of hydrogen-bond acceptors (Lipinski definition) is 3. The highest BCUT2D eigenvalue weighted by atomic mass is 35.6. The third-order valence-electron chi connectivity index (χ3n) is 0.594. The monoisotopic (exact) mass is 226 g/mol. The average molecular weight is 227 g/mol. The standard InChI is InChI=1S/C3H5Cl3O3S/c1-9-10(7,8)2-3(4,5)6/h2H2,1H3. The smallest absolute Gasteiger partial charge is 0.271 e. The van der Waals surface area contributed by atoms with Gasteiger partial charge in [-0.15, -0.1) is 0 Å². The van der Waals surface area contributed by atoms with E-state index in [-0.39, 0.29) is 0 Å². The first-order valence-electron chi connectivity index (χ1n) is 2.12. The molecule has 0 saturated carbocycles. The zero-order chi connectivity index (χ0) is 8.41. The first kappa shape index (κ1) is 10.8. The van der Waals surface area contributed by atoms with Crippen LogP contribution in [-0.4, -0.2) is 25.1 Å². The highest BCUT2D eigenvalue weighted by molar-refractivity contribution is 7.87. The first-order chi connectivity index (χ1) is 4.27. The van der Waals surface area contributed by atoms with Crippen molar-refractivity contribution in [1.82, 2.24) is 0 Å². The topological polar surface area (TPSA) is 43.4 Å². The molecule has 0 aromatic heterocycles. The molecule has 10 heavy (non-hydrogen) atoms. The van der Waals surface area contributed by atoms with Gasteiger partial charge in [0.25, 0.3) is 10.1 Å². The third kappa shape index (κ3) is 5.56. The molecule has 0 aromatic carbocycles. The normalized spacial score (nSPS) is 13.6. The lowest BCUT2D eigenvalue weighted by atomic mass is 10.9. The van der Waals surface area contributed by atoms with Crippen LogP contribution in [0.5, 0.6) is 0 Å². The third-order valence-corrected chi connectivity index (χ3v) is 2.77. The van der Waals surface area contributed by atoms with Gasteiger partial charge in [-0.3, -0.25) is 4.18 Å². The van der Waals surface area contributed by atoms with Gasteiger partial charge in [-0.05, 0) is 0 Å². The summed E-state index contributed by atoms with van der Waals surface area (Å²) in [6.07, 6.45) is 0. The number of halogens is 3. The molecule has 0 fully saturated rings. The molecule has 0 heterocycles. The highest BCUT2D eigenvalue weighted by Gasteiger charge is 2.28. The van der Waals surface area contributed by atoms with Crippen molar-refractivity contribution >= 4 is 44.9 Å². The Kier molecular flexibility index (Phi) is 3.72. The highest BCUT2D eigenvalue weighted by Crippen LogP contribution is 2.27. The van der Waals surface area contributed by atoms with E-state index in [0.717, 1.165) is 7.11 Å². The van der Waals surface area contributed by atoms with E-state index in [4.69, 9.17) is 34.8 Å². The molecule has 0 atom stereocenters. The maximum Gasteiger partial charge on any atom is 0.271 e. The van der Waals surface area contributed by atoms with Gasteiger partial charge in [-0.2, -0.15) is 8.42 Å². The lowest BCUT2D eigenvalue weighted by Crippen LogP contribution is -2.20. The van der Waals surface area contributed by atoms with E-state index in [2.05, 4.69) is 4.18 Å².